The molecule has 2 unspecified atom stereocenters. The van der Waals surface area contributed by atoms with Gasteiger partial charge < -0.3 is 5.11 Å². The molecule has 3 rings (SSSR count). The molecule has 1 aromatic carbocycles. The number of likely N-dealkylation sites (tertiary alicyclic amines) is 1. The van der Waals surface area contributed by atoms with Crippen molar-refractivity contribution in [3.8, 4) is 5.75 Å². The predicted molar refractivity (Wildman–Crippen MR) is 83.0 cm³/mol. The number of nitrogens with zero attached hydrogens (tertiary/aromatic N) is 1. The number of hydrogen-bond acceptors (Lipinski definition) is 2. The van der Waals surface area contributed by atoms with Crippen molar-refractivity contribution in [2.75, 3.05) is 13.1 Å². The molecule has 1 aliphatic carbocycles. The number of fused-ring (bicyclic) bond motifs is 1. The number of phenolic OH excluding ortho intramolecular Hbond substituents is 1. The first-order valence-corrected chi connectivity index (χ1v) is 8.33. The Bertz CT molecular complexity index is 457. The fraction of sp³-hybridized carbons (Fsp3) is 0.667. The first kappa shape index (κ1) is 13.9. The number of hydrogen-bond donors (Lipinski definition) is 1. The Morgan fingerprint density at radius 3 is 2.90 bits per heavy atom. The summed E-state index contributed by atoms with van der Waals surface area (Å²) >= 11 is 0. The molecule has 1 fully saturated rings. The van der Waals surface area contributed by atoms with Crippen molar-refractivity contribution >= 4 is 0 Å². The molecule has 2 atom stereocenters. The third-order valence-corrected chi connectivity index (χ3v) is 5.31. The molecule has 0 spiro atoms. The minimum atomic E-state index is 0.423. The zero-order valence-corrected chi connectivity index (χ0v) is 12.6. The van der Waals surface area contributed by atoms with Gasteiger partial charge in [-0.05, 0) is 80.8 Å². The van der Waals surface area contributed by atoms with Crippen LogP contribution in [0.3, 0.4) is 0 Å². The van der Waals surface area contributed by atoms with Crippen molar-refractivity contribution in [2.45, 2.75) is 57.9 Å². The number of aromatic hydroxyl groups is 1. The highest BCUT2D eigenvalue weighted by atomic mass is 16.3. The van der Waals surface area contributed by atoms with Crippen LogP contribution >= 0.6 is 0 Å². The molecule has 20 heavy (non-hydrogen) atoms. The first-order chi connectivity index (χ1) is 9.78. The lowest BCUT2D eigenvalue weighted by atomic mass is 9.86. The Kier molecular flexibility index (Phi) is 4.30. The predicted octanol–water partition coefficient (Wildman–Crippen LogP) is 4.28. The fourth-order valence-corrected chi connectivity index (χ4v) is 4.06. The molecule has 0 aromatic heterocycles. The molecule has 0 amide bonds. The number of aryl methyl sites for hydroxylation is 1. The van der Waals surface area contributed by atoms with Gasteiger partial charge in [-0.2, -0.15) is 0 Å². The van der Waals surface area contributed by atoms with Crippen LogP contribution in [0.1, 0.15) is 62.6 Å². The Morgan fingerprint density at radius 1 is 1.15 bits per heavy atom. The highest BCUT2D eigenvalue weighted by Crippen LogP contribution is 2.37. The second-order valence-corrected chi connectivity index (χ2v) is 6.53. The molecular weight excluding hydrogens is 246 g/mol. The smallest absolute Gasteiger partial charge is 0.115 e. The Morgan fingerprint density at radius 2 is 2.05 bits per heavy atom. The zero-order valence-electron chi connectivity index (χ0n) is 12.6. The van der Waals surface area contributed by atoms with Crippen LogP contribution < -0.4 is 0 Å². The van der Waals surface area contributed by atoms with Crippen LogP contribution in [0.5, 0.6) is 5.75 Å². The summed E-state index contributed by atoms with van der Waals surface area (Å²) in [6.45, 7) is 4.84. The number of phenols is 1. The maximum Gasteiger partial charge on any atom is 0.115 e. The van der Waals surface area contributed by atoms with E-state index in [-0.39, 0.29) is 0 Å². The average Bonchev–Trinajstić information content (AvgIpc) is 2.71. The summed E-state index contributed by atoms with van der Waals surface area (Å²) < 4.78 is 0. The zero-order chi connectivity index (χ0) is 13.9. The Balaban J connectivity index is 1.78. The largest absolute Gasteiger partial charge is 0.508 e. The SMILES string of the molecule is CCC1CCCN(C2CCCc3cc(O)ccc32)CC1. The molecule has 2 aliphatic rings. The molecule has 0 bridgehead atoms. The van der Waals surface area contributed by atoms with Gasteiger partial charge in [-0.3, -0.25) is 4.90 Å². The summed E-state index contributed by atoms with van der Waals surface area (Å²) in [6.07, 6.45) is 9.13. The molecule has 2 heteroatoms. The van der Waals surface area contributed by atoms with Crippen molar-refractivity contribution < 1.29 is 5.11 Å². The van der Waals surface area contributed by atoms with Crippen molar-refractivity contribution in [1.29, 1.82) is 0 Å². The van der Waals surface area contributed by atoms with Crippen LogP contribution in [0, 0.1) is 5.92 Å². The second kappa shape index (κ2) is 6.17. The van der Waals surface area contributed by atoms with Crippen molar-refractivity contribution in [1.82, 2.24) is 4.90 Å². The van der Waals surface area contributed by atoms with E-state index in [0.29, 0.717) is 11.8 Å². The normalized spacial score (nSPS) is 27.9. The Hall–Kier alpha value is -1.02. The Labute approximate surface area is 122 Å². The first-order valence-electron chi connectivity index (χ1n) is 8.33. The van der Waals surface area contributed by atoms with E-state index in [9.17, 15) is 5.11 Å². The van der Waals surface area contributed by atoms with Crippen LogP contribution in [0.2, 0.25) is 0 Å². The van der Waals surface area contributed by atoms with Crippen molar-refractivity contribution in [3.63, 3.8) is 0 Å². The molecule has 1 N–H and O–H groups in total. The second-order valence-electron chi connectivity index (χ2n) is 6.53. The monoisotopic (exact) mass is 273 g/mol. The summed E-state index contributed by atoms with van der Waals surface area (Å²) in [5.41, 5.74) is 2.85. The van der Waals surface area contributed by atoms with Crippen LogP contribution in [0.15, 0.2) is 18.2 Å². The fourth-order valence-electron chi connectivity index (χ4n) is 4.06. The molecular formula is C18H27NO. The van der Waals surface area contributed by atoms with Gasteiger partial charge in [-0.1, -0.05) is 19.4 Å². The molecule has 1 aromatic rings. The van der Waals surface area contributed by atoms with Gasteiger partial charge in [0.25, 0.3) is 0 Å². The van der Waals surface area contributed by atoms with Crippen molar-refractivity contribution in [2.24, 2.45) is 5.92 Å². The number of rotatable bonds is 2. The van der Waals surface area contributed by atoms with E-state index in [4.69, 9.17) is 0 Å². The maximum absolute atomic E-state index is 9.68. The van der Waals surface area contributed by atoms with Gasteiger partial charge >= 0.3 is 0 Å². The van der Waals surface area contributed by atoms with Gasteiger partial charge in [0.15, 0.2) is 0 Å². The van der Waals surface area contributed by atoms with Gasteiger partial charge in [0.1, 0.15) is 5.75 Å². The lowest BCUT2D eigenvalue weighted by Gasteiger charge is -2.35. The molecule has 1 heterocycles. The average molecular weight is 273 g/mol. The topological polar surface area (TPSA) is 23.5 Å². The molecule has 2 nitrogen and oxygen atoms in total. The molecule has 0 saturated carbocycles. The van der Waals surface area contributed by atoms with E-state index in [1.165, 1.54) is 62.7 Å². The summed E-state index contributed by atoms with van der Waals surface area (Å²) in [5.74, 6) is 1.36. The lowest BCUT2D eigenvalue weighted by Crippen LogP contribution is -2.32. The summed E-state index contributed by atoms with van der Waals surface area (Å²) in [7, 11) is 0. The van der Waals surface area contributed by atoms with E-state index >= 15 is 0 Å². The van der Waals surface area contributed by atoms with E-state index in [2.05, 4.69) is 17.9 Å². The summed E-state index contributed by atoms with van der Waals surface area (Å²) in [5, 5.41) is 9.68. The standard InChI is InChI=1S/C18H27NO/c1-2-14-5-4-11-19(12-10-14)18-7-3-6-15-13-16(20)8-9-17(15)18/h8-9,13-14,18,20H,2-7,10-12H2,1H3. The third kappa shape index (κ3) is 2.85. The molecule has 110 valence electrons. The minimum absolute atomic E-state index is 0.423. The van der Waals surface area contributed by atoms with Gasteiger partial charge in [-0.25, -0.2) is 0 Å². The van der Waals surface area contributed by atoms with Crippen LogP contribution in [-0.2, 0) is 6.42 Å². The van der Waals surface area contributed by atoms with Crippen molar-refractivity contribution in [3.05, 3.63) is 29.3 Å². The van der Waals surface area contributed by atoms with Gasteiger partial charge in [0, 0.05) is 6.04 Å². The molecule has 1 aliphatic heterocycles. The highest BCUT2D eigenvalue weighted by Gasteiger charge is 2.27. The molecule has 0 radical (unpaired) electrons. The van der Waals surface area contributed by atoms with E-state index in [1.54, 1.807) is 0 Å². The van der Waals surface area contributed by atoms with Gasteiger partial charge in [-0.15, -0.1) is 0 Å². The van der Waals surface area contributed by atoms with Crippen LogP contribution in [0.4, 0.5) is 0 Å². The van der Waals surface area contributed by atoms with Gasteiger partial charge in [0.05, 0.1) is 0 Å². The van der Waals surface area contributed by atoms with E-state index in [1.807, 2.05) is 12.1 Å². The summed E-state index contributed by atoms with van der Waals surface area (Å²) in [4.78, 5) is 2.71. The third-order valence-electron chi connectivity index (χ3n) is 5.31. The summed E-state index contributed by atoms with van der Waals surface area (Å²) in [6, 6.07) is 6.60. The van der Waals surface area contributed by atoms with Crippen LogP contribution in [0.25, 0.3) is 0 Å². The number of benzene rings is 1. The van der Waals surface area contributed by atoms with Gasteiger partial charge in [0.2, 0.25) is 0 Å². The minimum Gasteiger partial charge on any atom is -0.508 e. The highest BCUT2D eigenvalue weighted by molar-refractivity contribution is 5.38. The van der Waals surface area contributed by atoms with Crippen LogP contribution in [-0.4, -0.2) is 23.1 Å². The quantitative estimate of drug-likeness (QED) is 0.869. The van der Waals surface area contributed by atoms with E-state index < -0.39 is 0 Å². The van der Waals surface area contributed by atoms with E-state index in [0.717, 1.165) is 12.3 Å². The lowest BCUT2D eigenvalue weighted by molar-refractivity contribution is 0.183. The molecule has 1 saturated heterocycles. The maximum atomic E-state index is 9.68.